The van der Waals surface area contributed by atoms with E-state index in [0.29, 0.717) is 51.0 Å². The van der Waals surface area contributed by atoms with E-state index in [-0.39, 0.29) is 17.0 Å². The minimum atomic E-state index is -0.824. The number of carbonyl (C=O) groups excluding carboxylic acids is 2. The lowest BCUT2D eigenvalue weighted by atomic mass is 9.97. The minimum Gasteiger partial charge on any atom is -0.490 e. The highest BCUT2D eigenvalue weighted by molar-refractivity contribution is 7.07. The van der Waals surface area contributed by atoms with Crippen LogP contribution < -0.4 is 29.4 Å². The number of fused-ring (bicyclic) bond motifs is 1. The predicted octanol–water partition coefficient (Wildman–Crippen LogP) is 2.81. The van der Waals surface area contributed by atoms with Crippen molar-refractivity contribution in [1.82, 2.24) is 4.57 Å². The van der Waals surface area contributed by atoms with Crippen molar-refractivity contribution in [2.24, 2.45) is 16.0 Å². The van der Waals surface area contributed by atoms with Crippen molar-refractivity contribution < 1.29 is 23.8 Å². The first kappa shape index (κ1) is 27.1. The number of methoxy groups -OCH3 is 1. The Balaban J connectivity index is 1.61. The van der Waals surface area contributed by atoms with E-state index in [9.17, 15) is 14.4 Å². The summed E-state index contributed by atoms with van der Waals surface area (Å²) in [5.74, 6) is -0.525. The molecule has 0 bridgehead atoms. The van der Waals surface area contributed by atoms with Gasteiger partial charge in [0.2, 0.25) is 0 Å². The number of para-hydroxylation sites is 1. The number of aromatic nitrogens is 1. The van der Waals surface area contributed by atoms with Crippen LogP contribution in [0.15, 0.2) is 75.2 Å². The highest BCUT2D eigenvalue weighted by atomic mass is 32.1. The number of carbonyl (C=O) groups is 2. The summed E-state index contributed by atoms with van der Waals surface area (Å²) < 4.78 is 18.3. The van der Waals surface area contributed by atoms with Gasteiger partial charge in [-0.25, -0.2) is 9.79 Å². The maximum atomic E-state index is 13.9. The Morgan fingerprint density at radius 3 is 2.48 bits per heavy atom. The van der Waals surface area contributed by atoms with Crippen LogP contribution in [0.2, 0.25) is 0 Å². The van der Waals surface area contributed by atoms with E-state index < -0.39 is 17.9 Å². The van der Waals surface area contributed by atoms with Crippen molar-refractivity contribution in [2.45, 2.75) is 26.8 Å². The monoisotopic (exact) mass is 560 g/mol. The van der Waals surface area contributed by atoms with Gasteiger partial charge in [-0.3, -0.25) is 14.2 Å². The van der Waals surface area contributed by atoms with Crippen LogP contribution in [0, 0.1) is 5.92 Å². The first-order chi connectivity index (χ1) is 19.4. The summed E-state index contributed by atoms with van der Waals surface area (Å²) in [6, 6.07) is 13.6. The van der Waals surface area contributed by atoms with Crippen molar-refractivity contribution in [3.63, 3.8) is 0 Å². The molecule has 40 heavy (non-hydrogen) atoms. The van der Waals surface area contributed by atoms with Crippen LogP contribution in [-0.2, 0) is 14.3 Å². The van der Waals surface area contributed by atoms with Gasteiger partial charge in [-0.15, -0.1) is 0 Å². The molecule has 2 aliphatic rings. The van der Waals surface area contributed by atoms with Crippen LogP contribution in [0.25, 0.3) is 6.08 Å². The van der Waals surface area contributed by atoms with Crippen molar-refractivity contribution in [2.75, 3.05) is 25.3 Å². The van der Waals surface area contributed by atoms with Crippen molar-refractivity contribution in [3.05, 3.63) is 85.6 Å². The molecule has 11 heteroatoms. The Morgan fingerprint density at radius 1 is 1.05 bits per heavy atom. The number of hydrogen-bond acceptors (Lipinski definition) is 9. The molecular formula is C29H28N4O6S. The number of ether oxygens (including phenoxy) is 3. The van der Waals surface area contributed by atoms with Gasteiger partial charge in [-0.05, 0) is 56.7 Å². The molecule has 0 spiro atoms. The summed E-state index contributed by atoms with van der Waals surface area (Å²) in [5.41, 5.74) is 1.65. The molecule has 0 saturated heterocycles. The molecule has 0 saturated carbocycles. The Kier molecular flexibility index (Phi) is 7.65. The summed E-state index contributed by atoms with van der Waals surface area (Å²) >= 11 is 1.15. The summed E-state index contributed by atoms with van der Waals surface area (Å²) in [7, 11) is 1.28. The van der Waals surface area contributed by atoms with E-state index in [1.54, 1.807) is 43.3 Å². The number of esters is 1. The fourth-order valence-electron chi connectivity index (χ4n) is 4.68. The number of anilines is 1. The molecule has 0 aliphatic carbocycles. The molecule has 0 radical (unpaired) electrons. The van der Waals surface area contributed by atoms with E-state index in [1.807, 2.05) is 32.0 Å². The van der Waals surface area contributed by atoms with Gasteiger partial charge < -0.3 is 14.2 Å². The Labute approximate surface area is 234 Å². The maximum absolute atomic E-state index is 13.9. The van der Waals surface area contributed by atoms with Crippen molar-refractivity contribution in [1.29, 1.82) is 0 Å². The summed E-state index contributed by atoms with van der Waals surface area (Å²) in [5, 5.41) is 5.78. The molecule has 2 atom stereocenters. The first-order valence-electron chi connectivity index (χ1n) is 12.8. The van der Waals surface area contributed by atoms with Gasteiger partial charge in [0, 0.05) is 6.20 Å². The number of hydrazone groups is 1. The van der Waals surface area contributed by atoms with Gasteiger partial charge in [0.15, 0.2) is 16.3 Å². The topological polar surface area (TPSA) is 112 Å². The number of benzene rings is 2. The Hall–Kier alpha value is -4.51. The third-order valence-electron chi connectivity index (χ3n) is 6.51. The molecule has 0 N–H and O–H groups in total. The fraction of sp³-hybridized carbons (Fsp3) is 0.276. The molecule has 1 amide bonds. The zero-order chi connectivity index (χ0) is 28.4. The molecule has 3 aromatic rings. The zero-order valence-electron chi connectivity index (χ0n) is 22.5. The molecule has 5 rings (SSSR count). The van der Waals surface area contributed by atoms with Crippen LogP contribution in [0.3, 0.4) is 0 Å². The highest BCUT2D eigenvalue weighted by Gasteiger charge is 2.35. The normalized spacial score (nSPS) is 18.6. The van der Waals surface area contributed by atoms with Gasteiger partial charge in [0.05, 0.1) is 47.9 Å². The van der Waals surface area contributed by atoms with E-state index in [2.05, 4.69) is 10.1 Å². The molecule has 0 unspecified atom stereocenters. The van der Waals surface area contributed by atoms with E-state index in [0.717, 1.165) is 11.3 Å². The van der Waals surface area contributed by atoms with Crippen molar-refractivity contribution in [3.8, 4) is 11.5 Å². The average Bonchev–Trinajstić information content (AvgIpc) is 3.44. The summed E-state index contributed by atoms with van der Waals surface area (Å²) in [6.45, 7) is 6.35. The van der Waals surface area contributed by atoms with Crippen LogP contribution in [-0.4, -0.2) is 42.5 Å². The quantitative estimate of drug-likeness (QED) is 0.392. The SMILES string of the molecule is CCOc1ccc([C@H]2C(C(=O)OC)=CN=c3s/c(=C\[C@@H]4C(=O)N(c5ccccc5)N=C4C)c(=O)n32)cc1OCC. The maximum Gasteiger partial charge on any atom is 0.337 e. The molecule has 2 aromatic carbocycles. The number of amides is 1. The Morgan fingerprint density at radius 2 is 1.77 bits per heavy atom. The number of hydrogen-bond donors (Lipinski definition) is 0. The van der Waals surface area contributed by atoms with Gasteiger partial charge >= 0.3 is 5.97 Å². The molecule has 10 nitrogen and oxygen atoms in total. The molecule has 0 fully saturated rings. The third kappa shape index (κ3) is 4.84. The minimum absolute atomic E-state index is 0.193. The van der Waals surface area contributed by atoms with Crippen LogP contribution in [0.5, 0.6) is 11.5 Å². The van der Waals surface area contributed by atoms with Crippen molar-refractivity contribution >= 4 is 40.7 Å². The van der Waals surface area contributed by atoms with Crippen LogP contribution in [0.1, 0.15) is 32.4 Å². The molecule has 1 aromatic heterocycles. The average molecular weight is 561 g/mol. The zero-order valence-corrected chi connectivity index (χ0v) is 23.3. The molecule has 3 heterocycles. The van der Waals surface area contributed by atoms with Crippen LogP contribution >= 0.6 is 11.3 Å². The standard InChI is InChI=1S/C29H28N4O6S/c1-5-38-22-13-12-18(14-23(22)39-6-2)25-21(28(36)37-4)16-30-29-32(25)27(35)24(40-29)15-20-17(3)31-33(26(20)34)19-10-8-7-9-11-19/h7-16,20,25H,5-6H2,1-4H3/b24-15-/t20-,25-/m0/s1. The molecule has 2 aliphatic heterocycles. The van der Waals surface area contributed by atoms with Gasteiger partial charge in [-0.2, -0.15) is 10.1 Å². The van der Waals surface area contributed by atoms with Gasteiger partial charge in [0.25, 0.3) is 11.5 Å². The van der Waals surface area contributed by atoms with E-state index in [4.69, 9.17) is 14.2 Å². The smallest absolute Gasteiger partial charge is 0.337 e. The largest absolute Gasteiger partial charge is 0.490 e. The molecular weight excluding hydrogens is 532 g/mol. The summed E-state index contributed by atoms with van der Waals surface area (Å²) in [4.78, 5) is 44.7. The Bertz CT molecular complexity index is 1710. The van der Waals surface area contributed by atoms with Gasteiger partial charge in [-0.1, -0.05) is 35.6 Å². The second-order valence-corrected chi connectivity index (χ2v) is 9.98. The predicted molar refractivity (Wildman–Crippen MR) is 151 cm³/mol. The van der Waals surface area contributed by atoms with Gasteiger partial charge in [0.1, 0.15) is 5.92 Å². The lowest BCUT2D eigenvalue weighted by Gasteiger charge is -2.23. The lowest BCUT2D eigenvalue weighted by molar-refractivity contribution is -0.136. The first-order valence-corrected chi connectivity index (χ1v) is 13.6. The lowest BCUT2D eigenvalue weighted by Crippen LogP contribution is -2.39. The molecule has 206 valence electrons. The van der Waals surface area contributed by atoms with E-state index >= 15 is 0 Å². The summed E-state index contributed by atoms with van der Waals surface area (Å²) in [6.07, 6.45) is 3.05. The number of nitrogens with zero attached hydrogens (tertiary/aromatic N) is 4. The second kappa shape index (κ2) is 11.3. The fourth-order valence-corrected chi connectivity index (χ4v) is 5.66. The third-order valence-corrected chi connectivity index (χ3v) is 7.52. The van der Waals surface area contributed by atoms with E-state index in [1.165, 1.54) is 22.9 Å². The number of rotatable bonds is 8. The highest BCUT2D eigenvalue weighted by Crippen LogP contribution is 2.35. The number of thiazole rings is 1. The van der Waals surface area contributed by atoms with Crippen LogP contribution in [0.4, 0.5) is 5.69 Å². The second-order valence-electron chi connectivity index (χ2n) is 8.98.